The van der Waals surface area contributed by atoms with Crippen molar-refractivity contribution < 1.29 is 13.6 Å². The molecular formula is C15H13F2NO. The Morgan fingerprint density at radius 3 is 2.74 bits per heavy atom. The smallest absolute Gasteiger partial charge is 0.145 e. The summed E-state index contributed by atoms with van der Waals surface area (Å²) in [6.07, 6.45) is 1.55. The molecule has 0 aliphatic heterocycles. The summed E-state index contributed by atoms with van der Waals surface area (Å²) in [5.41, 5.74) is 2.29. The van der Waals surface area contributed by atoms with Crippen molar-refractivity contribution in [1.29, 1.82) is 0 Å². The van der Waals surface area contributed by atoms with Gasteiger partial charge in [0.05, 0.1) is 6.21 Å². The van der Waals surface area contributed by atoms with Crippen LogP contribution in [0.15, 0.2) is 47.6 Å². The molecule has 0 atom stereocenters. The molecule has 0 N–H and O–H groups in total. The molecular weight excluding hydrogens is 248 g/mol. The highest BCUT2D eigenvalue weighted by atomic mass is 19.1. The Hall–Kier alpha value is -2.23. The van der Waals surface area contributed by atoms with E-state index in [4.69, 9.17) is 4.84 Å². The molecule has 0 heterocycles. The van der Waals surface area contributed by atoms with Gasteiger partial charge in [-0.25, -0.2) is 8.78 Å². The third-order valence-electron chi connectivity index (χ3n) is 2.55. The molecule has 0 aliphatic carbocycles. The Labute approximate surface area is 110 Å². The number of hydrogen-bond donors (Lipinski definition) is 0. The number of halogens is 2. The maximum atomic E-state index is 13.3. The van der Waals surface area contributed by atoms with Gasteiger partial charge in [-0.3, -0.25) is 0 Å². The zero-order valence-electron chi connectivity index (χ0n) is 10.4. The topological polar surface area (TPSA) is 21.6 Å². The van der Waals surface area contributed by atoms with Gasteiger partial charge < -0.3 is 4.84 Å². The first-order chi connectivity index (χ1) is 9.15. The summed E-state index contributed by atoms with van der Waals surface area (Å²) >= 11 is 0. The van der Waals surface area contributed by atoms with Crippen LogP contribution in [0.3, 0.4) is 0 Å². The quantitative estimate of drug-likeness (QED) is 0.605. The first-order valence-corrected chi connectivity index (χ1v) is 5.81. The summed E-state index contributed by atoms with van der Waals surface area (Å²) in [5.74, 6) is -1.24. The van der Waals surface area contributed by atoms with E-state index in [1.165, 1.54) is 12.1 Å². The number of aryl methyl sites for hydroxylation is 1. The molecule has 19 heavy (non-hydrogen) atoms. The van der Waals surface area contributed by atoms with Gasteiger partial charge in [-0.2, -0.15) is 0 Å². The summed E-state index contributed by atoms with van der Waals surface area (Å²) in [6, 6.07) is 11.1. The molecule has 0 saturated heterocycles. The Bertz CT molecular complexity index is 596. The van der Waals surface area contributed by atoms with Crippen molar-refractivity contribution in [2.24, 2.45) is 5.16 Å². The van der Waals surface area contributed by atoms with Crippen LogP contribution in [0.1, 0.15) is 16.7 Å². The highest BCUT2D eigenvalue weighted by molar-refractivity contribution is 5.79. The minimum Gasteiger partial charge on any atom is -0.391 e. The maximum absolute atomic E-state index is 13.3. The average molecular weight is 261 g/mol. The zero-order chi connectivity index (χ0) is 13.7. The molecule has 0 aliphatic rings. The van der Waals surface area contributed by atoms with Crippen molar-refractivity contribution in [2.45, 2.75) is 13.5 Å². The van der Waals surface area contributed by atoms with Gasteiger partial charge in [-0.15, -0.1) is 0 Å². The minimum atomic E-state index is -0.634. The fraction of sp³-hybridized carbons (Fsp3) is 0.133. The number of hydrogen-bond acceptors (Lipinski definition) is 2. The van der Waals surface area contributed by atoms with Gasteiger partial charge >= 0.3 is 0 Å². The Kier molecular flexibility index (Phi) is 4.23. The van der Waals surface area contributed by atoms with Crippen LogP contribution in [0.5, 0.6) is 0 Å². The molecule has 4 heteroatoms. The van der Waals surface area contributed by atoms with Crippen molar-refractivity contribution in [2.75, 3.05) is 0 Å². The van der Waals surface area contributed by atoms with E-state index < -0.39 is 11.6 Å². The van der Waals surface area contributed by atoms with E-state index >= 15 is 0 Å². The van der Waals surface area contributed by atoms with Crippen LogP contribution in [-0.2, 0) is 11.4 Å². The second kappa shape index (κ2) is 6.09. The molecule has 0 aromatic heterocycles. The molecule has 2 rings (SSSR count). The standard InChI is InChI=1S/C15H13F2NO/c1-11-3-2-4-12(7-11)9-18-19-10-13-5-6-14(16)8-15(13)17/h2-9H,10H2,1H3. The predicted octanol–water partition coefficient (Wildman–Crippen LogP) is 3.82. The monoisotopic (exact) mass is 261 g/mol. The minimum absolute atomic E-state index is 0.0333. The van der Waals surface area contributed by atoms with Gasteiger partial charge in [0.2, 0.25) is 0 Å². The number of benzene rings is 2. The number of oxime groups is 1. The van der Waals surface area contributed by atoms with Crippen molar-refractivity contribution in [3.63, 3.8) is 0 Å². The lowest BCUT2D eigenvalue weighted by Crippen LogP contribution is -1.93. The summed E-state index contributed by atoms with van der Waals surface area (Å²) in [6.45, 7) is 1.94. The lowest BCUT2D eigenvalue weighted by atomic mass is 10.2. The van der Waals surface area contributed by atoms with Crippen LogP contribution in [0.25, 0.3) is 0 Å². The summed E-state index contributed by atoms with van der Waals surface area (Å²) in [7, 11) is 0. The first-order valence-electron chi connectivity index (χ1n) is 5.81. The molecule has 2 nitrogen and oxygen atoms in total. The van der Waals surface area contributed by atoms with Crippen molar-refractivity contribution in [3.8, 4) is 0 Å². The second-order valence-electron chi connectivity index (χ2n) is 4.16. The van der Waals surface area contributed by atoms with E-state index in [2.05, 4.69) is 5.16 Å². The number of nitrogens with zero attached hydrogens (tertiary/aromatic N) is 1. The van der Waals surface area contributed by atoms with E-state index in [9.17, 15) is 8.78 Å². The van der Waals surface area contributed by atoms with Gasteiger partial charge in [-0.05, 0) is 24.6 Å². The maximum Gasteiger partial charge on any atom is 0.145 e. The second-order valence-corrected chi connectivity index (χ2v) is 4.16. The van der Waals surface area contributed by atoms with Crippen LogP contribution in [-0.4, -0.2) is 6.21 Å². The average Bonchev–Trinajstić information content (AvgIpc) is 2.37. The van der Waals surface area contributed by atoms with Gasteiger partial charge in [0.25, 0.3) is 0 Å². The molecule has 0 saturated carbocycles. The summed E-state index contributed by atoms with van der Waals surface area (Å²) in [4.78, 5) is 4.99. The largest absolute Gasteiger partial charge is 0.391 e. The molecule has 0 bridgehead atoms. The van der Waals surface area contributed by atoms with Gasteiger partial charge in [-0.1, -0.05) is 35.0 Å². The Balaban J connectivity index is 1.93. The van der Waals surface area contributed by atoms with Crippen LogP contribution < -0.4 is 0 Å². The molecule has 0 radical (unpaired) electrons. The normalized spacial score (nSPS) is 10.9. The first kappa shape index (κ1) is 13.2. The Morgan fingerprint density at radius 1 is 1.16 bits per heavy atom. The lowest BCUT2D eigenvalue weighted by molar-refractivity contribution is 0.129. The zero-order valence-corrected chi connectivity index (χ0v) is 10.4. The SMILES string of the molecule is Cc1cccc(C=NOCc2ccc(F)cc2F)c1. The van der Waals surface area contributed by atoms with E-state index in [1.807, 2.05) is 31.2 Å². The highest BCUT2D eigenvalue weighted by Crippen LogP contribution is 2.10. The van der Waals surface area contributed by atoms with Crippen molar-refractivity contribution in [1.82, 2.24) is 0 Å². The fourth-order valence-electron chi connectivity index (χ4n) is 1.59. The molecule has 0 fully saturated rings. The van der Waals surface area contributed by atoms with Crippen LogP contribution in [0.2, 0.25) is 0 Å². The molecule has 0 amide bonds. The van der Waals surface area contributed by atoms with Crippen LogP contribution in [0, 0.1) is 18.6 Å². The number of rotatable bonds is 4. The van der Waals surface area contributed by atoms with E-state index in [0.29, 0.717) is 0 Å². The predicted molar refractivity (Wildman–Crippen MR) is 69.9 cm³/mol. The highest BCUT2D eigenvalue weighted by Gasteiger charge is 2.03. The van der Waals surface area contributed by atoms with Crippen LogP contribution in [0.4, 0.5) is 8.78 Å². The van der Waals surface area contributed by atoms with Crippen molar-refractivity contribution in [3.05, 3.63) is 70.8 Å². The third-order valence-corrected chi connectivity index (χ3v) is 2.55. The molecule has 2 aromatic rings. The van der Waals surface area contributed by atoms with Gasteiger partial charge in [0, 0.05) is 11.6 Å². The van der Waals surface area contributed by atoms with Gasteiger partial charge in [0.1, 0.15) is 18.2 Å². The van der Waals surface area contributed by atoms with Gasteiger partial charge in [0.15, 0.2) is 0 Å². The fourth-order valence-corrected chi connectivity index (χ4v) is 1.59. The summed E-state index contributed by atoms with van der Waals surface area (Å²) < 4.78 is 26.0. The summed E-state index contributed by atoms with van der Waals surface area (Å²) in [5, 5.41) is 3.76. The Morgan fingerprint density at radius 2 is 2.00 bits per heavy atom. The van der Waals surface area contributed by atoms with E-state index in [1.54, 1.807) is 6.21 Å². The molecule has 2 aromatic carbocycles. The van der Waals surface area contributed by atoms with Crippen molar-refractivity contribution >= 4 is 6.21 Å². The van der Waals surface area contributed by atoms with Crippen LogP contribution >= 0.6 is 0 Å². The lowest BCUT2D eigenvalue weighted by Gasteiger charge is -2.01. The molecule has 98 valence electrons. The van der Waals surface area contributed by atoms with E-state index in [-0.39, 0.29) is 12.2 Å². The van der Waals surface area contributed by atoms with E-state index in [0.717, 1.165) is 17.2 Å². The third kappa shape index (κ3) is 3.88. The molecule has 0 spiro atoms. The molecule has 0 unspecified atom stereocenters.